The highest BCUT2D eigenvalue weighted by atomic mass is 16.3. The second-order valence-corrected chi connectivity index (χ2v) is 3.52. The fraction of sp³-hybridized carbons (Fsp3) is 0.455. The molecule has 0 aliphatic rings. The van der Waals surface area contributed by atoms with E-state index in [4.69, 9.17) is 10.8 Å². The van der Waals surface area contributed by atoms with E-state index in [1.165, 1.54) is 0 Å². The van der Waals surface area contributed by atoms with E-state index in [0.29, 0.717) is 0 Å². The third-order valence-corrected chi connectivity index (χ3v) is 2.48. The molecular formula is C11H17NO2. The van der Waals surface area contributed by atoms with Crippen molar-refractivity contribution in [3.05, 3.63) is 35.9 Å². The predicted molar refractivity (Wildman–Crippen MR) is 55.6 cm³/mol. The van der Waals surface area contributed by atoms with Crippen molar-refractivity contribution in [3.8, 4) is 0 Å². The van der Waals surface area contributed by atoms with Gasteiger partial charge in [0.15, 0.2) is 0 Å². The average Bonchev–Trinajstić information content (AvgIpc) is 2.19. The summed E-state index contributed by atoms with van der Waals surface area (Å²) in [6.07, 6.45) is -0.602. The Labute approximate surface area is 84.2 Å². The van der Waals surface area contributed by atoms with Crippen LogP contribution in [0.1, 0.15) is 18.5 Å². The molecule has 0 saturated heterocycles. The molecule has 78 valence electrons. The monoisotopic (exact) mass is 195 g/mol. The molecule has 0 radical (unpaired) electrons. The summed E-state index contributed by atoms with van der Waals surface area (Å²) in [4.78, 5) is 0. The second kappa shape index (κ2) is 5.10. The lowest BCUT2D eigenvalue weighted by Crippen LogP contribution is -2.32. The molecule has 0 fully saturated rings. The highest BCUT2D eigenvalue weighted by Gasteiger charge is 2.22. The van der Waals surface area contributed by atoms with Crippen LogP contribution >= 0.6 is 0 Å². The van der Waals surface area contributed by atoms with Gasteiger partial charge >= 0.3 is 0 Å². The van der Waals surface area contributed by atoms with Crippen LogP contribution in [0.25, 0.3) is 0 Å². The zero-order valence-corrected chi connectivity index (χ0v) is 8.30. The number of nitrogens with two attached hydrogens (primary N) is 1. The van der Waals surface area contributed by atoms with Crippen LogP contribution in [0.5, 0.6) is 0 Å². The van der Waals surface area contributed by atoms with E-state index in [-0.39, 0.29) is 18.6 Å². The highest BCUT2D eigenvalue weighted by Crippen LogP contribution is 2.21. The third-order valence-electron chi connectivity index (χ3n) is 2.48. The van der Waals surface area contributed by atoms with Gasteiger partial charge in [0.1, 0.15) is 0 Å². The van der Waals surface area contributed by atoms with E-state index in [1.807, 2.05) is 30.3 Å². The Morgan fingerprint density at radius 2 is 1.86 bits per heavy atom. The molecule has 3 unspecified atom stereocenters. The van der Waals surface area contributed by atoms with E-state index >= 15 is 0 Å². The first-order chi connectivity index (χ1) is 6.66. The van der Waals surface area contributed by atoms with Gasteiger partial charge in [-0.2, -0.15) is 0 Å². The molecular weight excluding hydrogens is 178 g/mol. The van der Waals surface area contributed by atoms with Crippen molar-refractivity contribution in [1.29, 1.82) is 0 Å². The average molecular weight is 195 g/mol. The Morgan fingerprint density at radius 1 is 1.29 bits per heavy atom. The summed E-state index contributed by atoms with van der Waals surface area (Å²) in [6, 6.07) is 9.18. The predicted octanol–water partition coefficient (Wildman–Crippen LogP) is 0.676. The SMILES string of the molecule is CC(O)C(CO)C(N)c1ccccc1. The lowest BCUT2D eigenvalue weighted by molar-refractivity contribution is 0.0652. The van der Waals surface area contributed by atoms with Gasteiger partial charge in [0.2, 0.25) is 0 Å². The molecule has 0 aliphatic heterocycles. The first-order valence-electron chi connectivity index (χ1n) is 4.76. The number of hydrogen-bond donors (Lipinski definition) is 3. The van der Waals surface area contributed by atoms with Gasteiger partial charge in [-0.15, -0.1) is 0 Å². The minimum absolute atomic E-state index is 0.103. The second-order valence-electron chi connectivity index (χ2n) is 3.52. The summed E-state index contributed by atoms with van der Waals surface area (Å²) >= 11 is 0. The van der Waals surface area contributed by atoms with Gasteiger partial charge in [-0.25, -0.2) is 0 Å². The van der Waals surface area contributed by atoms with Crippen molar-refractivity contribution < 1.29 is 10.2 Å². The lowest BCUT2D eigenvalue weighted by atomic mass is 9.90. The quantitative estimate of drug-likeness (QED) is 0.661. The Bertz CT molecular complexity index is 261. The summed E-state index contributed by atoms with van der Waals surface area (Å²) in [5.74, 6) is -0.308. The standard InChI is InChI=1S/C11H17NO2/c1-8(14)10(7-13)11(12)9-5-3-2-4-6-9/h2-6,8,10-11,13-14H,7,12H2,1H3. The summed E-state index contributed by atoms with van der Waals surface area (Å²) in [6.45, 7) is 1.54. The topological polar surface area (TPSA) is 66.5 Å². The van der Waals surface area contributed by atoms with E-state index < -0.39 is 6.10 Å². The van der Waals surface area contributed by atoms with Crippen LogP contribution in [0.2, 0.25) is 0 Å². The van der Waals surface area contributed by atoms with Crippen LogP contribution in [0.3, 0.4) is 0 Å². The van der Waals surface area contributed by atoms with Crippen LogP contribution in [0, 0.1) is 5.92 Å². The number of aliphatic hydroxyl groups is 2. The summed E-state index contributed by atoms with van der Waals surface area (Å²) in [7, 11) is 0. The molecule has 0 saturated carbocycles. The van der Waals surface area contributed by atoms with Gasteiger partial charge < -0.3 is 15.9 Å². The zero-order chi connectivity index (χ0) is 10.6. The molecule has 0 bridgehead atoms. The minimum Gasteiger partial charge on any atom is -0.396 e. The van der Waals surface area contributed by atoms with Crippen molar-refractivity contribution in [2.75, 3.05) is 6.61 Å². The normalized spacial score (nSPS) is 17.4. The Kier molecular flexibility index (Phi) is 4.07. The summed E-state index contributed by atoms with van der Waals surface area (Å²) < 4.78 is 0. The molecule has 4 N–H and O–H groups in total. The molecule has 14 heavy (non-hydrogen) atoms. The number of aliphatic hydroxyl groups excluding tert-OH is 2. The van der Waals surface area contributed by atoms with Crippen LogP contribution in [-0.4, -0.2) is 22.9 Å². The highest BCUT2D eigenvalue weighted by molar-refractivity contribution is 5.19. The molecule has 1 aromatic rings. The molecule has 0 aliphatic carbocycles. The molecule has 0 heterocycles. The molecule has 3 heteroatoms. The van der Waals surface area contributed by atoms with Crippen molar-refractivity contribution in [2.45, 2.75) is 19.1 Å². The fourth-order valence-electron chi connectivity index (χ4n) is 1.49. The molecule has 1 rings (SSSR count). The number of hydrogen-bond acceptors (Lipinski definition) is 3. The zero-order valence-electron chi connectivity index (χ0n) is 8.30. The maximum absolute atomic E-state index is 9.40. The molecule has 3 atom stereocenters. The Balaban J connectivity index is 2.78. The van der Waals surface area contributed by atoms with Gasteiger partial charge in [0.25, 0.3) is 0 Å². The number of rotatable bonds is 4. The van der Waals surface area contributed by atoms with Gasteiger partial charge in [-0.1, -0.05) is 30.3 Å². The molecule has 3 nitrogen and oxygen atoms in total. The molecule has 1 aromatic carbocycles. The Hall–Kier alpha value is -0.900. The van der Waals surface area contributed by atoms with Crippen molar-refractivity contribution in [2.24, 2.45) is 11.7 Å². The summed E-state index contributed by atoms with van der Waals surface area (Å²) in [5.41, 5.74) is 6.87. The van der Waals surface area contributed by atoms with Crippen molar-refractivity contribution in [1.82, 2.24) is 0 Å². The largest absolute Gasteiger partial charge is 0.396 e. The van der Waals surface area contributed by atoms with Crippen molar-refractivity contribution >= 4 is 0 Å². The lowest BCUT2D eigenvalue weighted by Gasteiger charge is -2.24. The molecule has 0 amide bonds. The van der Waals surface area contributed by atoms with Crippen LogP contribution < -0.4 is 5.73 Å². The van der Waals surface area contributed by atoms with Crippen LogP contribution in [0.4, 0.5) is 0 Å². The van der Waals surface area contributed by atoms with Crippen molar-refractivity contribution in [3.63, 3.8) is 0 Å². The van der Waals surface area contributed by atoms with Gasteiger partial charge in [0.05, 0.1) is 12.7 Å². The smallest absolute Gasteiger partial charge is 0.0580 e. The van der Waals surface area contributed by atoms with Gasteiger partial charge in [-0.3, -0.25) is 0 Å². The maximum Gasteiger partial charge on any atom is 0.0580 e. The van der Waals surface area contributed by atoms with E-state index in [1.54, 1.807) is 6.92 Å². The van der Waals surface area contributed by atoms with E-state index in [2.05, 4.69) is 0 Å². The first-order valence-corrected chi connectivity index (χ1v) is 4.76. The van der Waals surface area contributed by atoms with Crippen LogP contribution in [0.15, 0.2) is 30.3 Å². The third kappa shape index (κ3) is 2.54. The Morgan fingerprint density at radius 3 is 2.29 bits per heavy atom. The van der Waals surface area contributed by atoms with E-state index in [0.717, 1.165) is 5.56 Å². The summed E-state index contributed by atoms with van der Waals surface area (Å²) in [5, 5.41) is 18.5. The fourth-order valence-corrected chi connectivity index (χ4v) is 1.49. The minimum atomic E-state index is -0.602. The number of benzene rings is 1. The molecule has 0 aromatic heterocycles. The first kappa shape index (κ1) is 11.2. The molecule has 0 spiro atoms. The van der Waals surface area contributed by atoms with Gasteiger partial charge in [-0.05, 0) is 12.5 Å². The maximum atomic E-state index is 9.40. The van der Waals surface area contributed by atoms with Crippen LogP contribution in [-0.2, 0) is 0 Å². The van der Waals surface area contributed by atoms with E-state index in [9.17, 15) is 5.11 Å². The van der Waals surface area contributed by atoms with Gasteiger partial charge in [0, 0.05) is 12.0 Å².